The second-order valence-corrected chi connectivity index (χ2v) is 9.80. The molecule has 1 fully saturated rings. The SMILES string of the molecule is COc1cc(/C=C2/CN(C)C/C(=C/c3cc(OC)c4oc(=O)sc4c3)C2=O)cc2sc(=O)oc12. The number of rotatable bonds is 4. The van der Waals surface area contributed by atoms with E-state index in [1.807, 2.05) is 36.2 Å². The number of likely N-dealkylation sites (tertiary alicyclic amines) is 1. The van der Waals surface area contributed by atoms with Gasteiger partial charge in [-0.3, -0.25) is 9.69 Å². The number of carbonyl (C=O) groups excluding carboxylic acids is 1. The summed E-state index contributed by atoms with van der Waals surface area (Å²) >= 11 is 1.98. The molecule has 34 heavy (non-hydrogen) atoms. The molecular weight excluding hydrogens is 478 g/mol. The molecule has 0 aliphatic carbocycles. The number of hydrogen-bond acceptors (Lipinski definition) is 10. The smallest absolute Gasteiger partial charge is 0.396 e. The van der Waals surface area contributed by atoms with Gasteiger partial charge in [-0.25, -0.2) is 9.59 Å². The number of nitrogens with zero attached hydrogens (tertiary/aromatic N) is 1. The predicted octanol–water partition coefficient (Wildman–Crippen LogP) is 4.02. The zero-order chi connectivity index (χ0) is 24.0. The number of methoxy groups -OCH3 is 2. The molecule has 4 aromatic rings. The lowest BCUT2D eigenvalue weighted by Gasteiger charge is -2.26. The molecule has 1 aliphatic heterocycles. The first-order chi connectivity index (χ1) is 16.3. The maximum absolute atomic E-state index is 13.4. The molecule has 1 aliphatic rings. The van der Waals surface area contributed by atoms with Crippen LogP contribution in [-0.2, 0) is 4.79 Å². The zero-order valence-electron chi connectivity index (χ0n) is 18.5. The van der Waals surface area contributed by atoms with Crippen molar-refractivity contribution in [2.45, 2.75) is 0 Å². The molecule has 0 bridgehead atoms. The number of benzene rings is 2. The van der Waals surface area contributed by atoms with Crippen molar-refractivity contribution in [3.8, 4) is 11.5 Å². The molecule has 174 valence electrons. The van der Waals surface area contributed by atoms with Crippen LogP contribution in [0.2, 0.25) is 0 Å². The lowest BCUT2D eigenvalue weighted by Crippen LogP contribution is -2.34. The fraction of sp³-hybridized carbons (Fsp3) is 0.208. The van der Waals surface area contributed by atoms with E-state index in [9.17, 15) is 14.4 Å². The Hall–Kier alpha value is -3.47. The number of fused-ring (bicyclic) bond motifs is 2. The van der Waals surface area contributed by atoms with Gasteiger partial charge in [-0.15, -0.1) is 0 Å². The van der Waals surface area contributed by atoms with Gasteiger partial charge in [-0.2, -0.15) is 0 Å². The van der Waals surface area contributed by atoms with Gasteiger partial charge in [-0.1, -0.05) is 22.7 Å². The Kier molecular flexibility index (Phi) is 5.72. The van der Waals surface area contributed by atoms with Crippen LogP contribution in [0, 0.1) is 0 Å². The van der Waals surface area contributed by atoms with Crippen molar-refractivity contribution >= 4 is 61.2 Å². The van der Waals surface area contributed by atoms with Gasteiger partial charge < -0.3 is 18.3 Å². The monoisotopic (exact) mass is 497 g/mol. The first-order valence-electron chi connectivity index (χ1n) is 10.2. The van der Waals surface area contributed by atoms with Crippen LogP contribution < -0.4 is 19.4 Å². The standard InChI is InChI=1S/C24H19NO7S2/c1-25-10-14(4-12-6-16(29-2)21-18(8-12)33-23(27)31-21)20(26)15(11-25)5-13-7-17(30-3)22-19(9-13)34-24(28)32-22/h4-9H,10-11H2,1-3H3/b14-4-,15-5-. The van der Waals surface area contributed by atoms with Gasteiger partial charge in [0.25, 0.3) is 0 Å². The minimum atomic E-state index is -0.410. The third kappa shape index (κ3) is 4.11. The molecule has 2 aromatic carbocycles. The summed E-state index contributed by atoms with van der Waals surface area (Å²) in [6.45, 7) is 0.952. The summed E-state index contributed by atoms with van der Waals surface area (Å²) in [4.78, 5) is 37.9. The topological polar surface area (TPSA) is 99.2 Å². The average Bonchev–Trinajstić information content (AvgIpc) is 3.36. The number of ether oxygens (including phenoxy) is 2. The van der Waals surface area contributed by atoms with E-state index < -0.39 is 9.88 Å². The fourth-order valence-electron chi connectivity index (χ4n) is 4.02. The second-order valence-electron chi connectivity index (χ2n) is 7.85. The predicted molar refractivity (Wildman–Crippen MR) is 132 cm³/mol. The molecule has 0 N–H and O–H groups in total. The van der Waals surface area contributed by atoms with Crippen molar-refractivity contribution in [3.05, 3.63) is 66.0 Å². The molecule has 8 nitrogen and oxygen atoms in total. The van der Waals surface area contributed by atoms with Crippen LogP contribution in [0.15, 0.2) is 53.8 Å². The molecule has 0 radical (unpaired) electrons. The largest absolute Gasteiger partial charge is 0.493 e. The molecular formula is C24H19NO7S2. The third-order valence-electron chi connectivity index (χ3n) is 5.43. The van der Waals surface area contributed by atoms with Gasteiger partial charge in [0.15, 0.2) is 28.4 Å². The molecule has 0 atom stereocenters. The van der Waals surface area contributed by atoms with Crippen LogP contribution in [-0.4, -0.2) is 45.0 Å². The van der Waals surface area contributed by atoms with E-state index in [0.717, 1.165) is 33.8 Å². The quantitative estimate of drug-likeness (QED) is 0.390. The molecule has 0 saturated carbocycles. The molecule has 0 spiro atoms. The molecule has 1 saturated heterocycles. The summed E-state index contributed by atoms with van der Waals surface area (Å²) in [6, 6.07) is 7.11. The first-order valence-corrected chi connectivity index (χ1v) is 11.9. The normalized spacial score (nSPS) is 17.3. The summed E-state index contributed by atoms with van der Waals surface area (Å²) in [5.74, 6) is 0.807. The first kappa shape index (κ1) is 22.3. The van der Waals surface area contributed by atoms with Crippen molar-refractivity contribution < 1.29 is 23.1 Å². The highest BCUT2D eigenvalue weighted by Gasteiger charge is 2.24. The lowest BCUT2D eigenvalue weighted by atomic mass is 9.94. The maximum Gasteiger partial charge on any atom is 0.396 e. The van der Waals surface area contributed by atoms with E-state index in [1.165, 1.54) is 14.2 Å². The van der Waals surface area contributed by atoms with Crippen LogP contribution in [0.3, 0.4) is 0 Å². The second kappa shape index (κ2) is 8.71. The van der Waals surface area contributed by atoms with E-state index in [2.05, 4.69) is 0 Å². The maximum atomic E-state index is 13.4. The van der Waals surface area contributed by atoms with Crippen LogP contribution in [0.5, 0.6) is 11.5 Å². The van der Waals surface area contributed by atoms with Crippen LogP contribution in [0.1, 0.15) is 11.1 Å². The van der Waals surface area contributed by atoms with Crippen LogP contribution >= 0.6 is 22.7 Å². The fourth-order valence-corrected chi connectivity index (χ4v) is 5.49. The van der Waals surface area contributed by atoms with E-state index in [1.54, 1.807) is 12.1 Å². The number of carbonyl (C=O) groups is 1. The van der Waals surface area contributed by atoms with Gasteiger partial charge in [0.1, 0.15) is 0 Å². The Labute approximate surface area is 200 Å². The minimum absolute atomic E-state index is 0.0722. The number of Topliss-reactive ketones (excluding diaryl/α,β-unsaturated/α-hetero) is 1. The Morgan fingerprint density at radius 3 is 1.65 bits per heavy atom. The van der Waals surface area contributed by atoms with Crippen molar-refractivity contribution in [1.29, 1.82) is 0 Å². The van der Waals surface area contributed by atoms with Gasteiger partial charge in [0.05, 0.1) is 23.6 Å². The number of likely N-dealkylation sites (N-methyl/N-ethyl adjacent to an activating group) is 1. The van der Waals surface area contributed by atoms with Gasteiger partial charge in [-0.05, 0) is 54.6 Å². The van der Waals surface area contributed by atoms with E-state index in [0.29, 0.717) is 56.3 Å². The molecule has 2 aromatic heterocycles. The minimum Gasteiger partial charge on any atom is -0.493 e. The Morgan fingerprint density at radius 1 is 0.794 bits per heavy atom. The Bertz CT molecular complexity index is 1500. The number of hydrogen-bond donors (Lipinski definition) is 0. The molecule has 0 amide bonds. The third-order valence-corrected chi connectivity index (χ3v) is 6.98. The van der Waals surface area contributed by atoms with Gasteiger partial charge in [0.2, 0.25) is 0 Å². The zero-order valence-corrected chi connectivity index (χ0v) is 20.1. The van der Waals surface area contributed by atoms with Crippen molar-refractivity contribution in [1.82, 2.24) is 4.90 Å². The van der Waals surface area contributed by atoms with E-state index in [-0.39, 0.29) is 5.78 Å². The summed E-state index contributed by atoms with van der Waals surface area (Å²) < 4.78 is 22.5. The number of ketones is 1. The number of piperidine rings is 1. The summed E-state index contributed by atoms with van der Waals surface area (Å²) in [7, 11) is 4.95. The van der Waals surface area contributed by atoms with Crippen molar-refractivity contribution in [3.63, 3.8) is 0 Å². The Balaban J connectivity index is 1.55. The van der Waals surface area contributed by atoms with E-state index >= 15 is 0 Å². The molecule has 3 heterocycles. The summed E-state index contributed by atoms with van der Waals surface area (Å²) in [5, 5.41) is 0. The van der Waals surface area contributed by atoms with E-state index in [4.69, 9.17) is 18.3 Å². The molecule has 10 heteroatoms. The summed E-state index contributed by atoms with van der Waals surface area (Å²) in [6.07, 6.45) is 3.62. The van der Waals surface area contributed by atoms with Gasteiger partial charge >= 0.3 is 9.88 Å². The highest BCUT2D eigenvalue weighted by Crippen LogP contribution is 2.33. The molecule has 0 unspecified atom stereocenters. The summed E-state index contributed by atoms with van der Waals surface area (Å²) in [5.41, 5.74) is 3.50. The lowest BCUT2D eigenvalue weighted by molar-refractivity contribution is -0.113. The Morgan fingerprint density at radius 2 is 1.24 bits per heavy atom. The average molecular weight is 498 g/mol. The van der Waals surface area contributed by atoms with Gasteiger partial charge in [0, 0.05) is 24.2 Å². The highest BCUT2D eigenvalue weighted by molar-refractivity contribution is 7.16. The molecule has 5 rings (SSSR count). The van der Waals surface area contributed by atoms with Crippen LogP contribution in [0.4, 0.5) is 0 Å². The van der Waals surface area contributed by atoms with Crippen molar-refractivity contribution in [2.24, 2.45) is 0 Å². The highest BCUT2D eigenvalue weighted by atomic mass is 32.1. The van der Waals surface area contributed by atoms with Crippen LogP contribution in [0.25, 0.3) is 32.7 Å². The van der Waals surface area contributed by atoms with Crippen molar-refractivity contribution in [2.75, 3.05) is 34.4 Å².